The number of rotatable bonds is 4. The maximum absolute atomic E-state index is 13.6. The first-order valence-electron chi connectivity index (χ1n) is 5.90. The summed E-state index contributed by atoms with van der Waals surface area (Å²) in [5, 5.41) is 6.38. The summed E-state index contributed by atoms with van der Waals surface area (Å²) in [6.45, 7) is 4.52. The molecule has 0 bridgehead atoms. The summed E-state index contributed by atoms with van der Waals surface area (Å²) in [7, 11) is 0. The maximum atomic E-state index is 13.6. The number of aryl methyl sites for hydroxylation is 1. The van der Waals surface area contributed by atoms with Crippen LogP contribution in [0.1, 0.15) is 12.6 Å². The quantitative estimate of drug-likeness (QED) is 0.895. The van der Waals surface area contributed by atoms with Crippen LogP contribution in [0.5, 0.6) is 0 Å². The molecule has 2 rings (SSSR count). The van der Waals surface area contributed by atoms with Crippen LogP contribution in [0.2, 0.25) is 5.02 Å². The average molecular weight is 281 g/mol. The average Bonchev–Trinajstić information content (AvgIpc) is 2.33. The molecule has 0 fully saturated rings. The monoisotopic (exact) mass is 280 g/mol. The second-order valence-electron chi connectivity index (χ2n) is 4.00. The lowest BCUT2D eigenvalue weighted by atomic mass is 10.3. The number of halogens is 2. The zero-order valence-corrected chi connectivity index (χ0v) is 11.4. The topological polar surface area (TPSA) is 49.8 Å². The summed E-state index contributed by atoms with van der Waals surface area (Å²) in [4.78, 5) is 8.47. The molecule has 19 heavy (non-hydrogen) atoms. The van der Waals surface area contributed by atoms with Crippen molar-refractivity contribution in [2.75, 3.05) is 17.2 Å². The van der Waals surface area contributed by atoms with Crippen LogP contribution in [-0.4, -0.2) is 16.5 Å². The third-order valence-corrected chi connectivity index (χ3v) is 2.62. The number of hydrogen-bond donors (Lipinski definition) is 2. The summed E-state index contributed by atoms with van der Waals surface area (Å²) in [5.41, 5.74) is 1.07. The molecule has 1 aromatic carbocycles. The fourth-order valence-corrected chi connectivity index (χ4v) is 1.77. The molecule has 1 aromatic heterocycles. The first-order valence-corrected chi connectivity index (χ1v) is 6.28. The fourth-order valence-electron chi connectivity index (χ4n) is 1.60. The lowest BCUT2D eigenvalue weighted by molar-refractivity contribution is 0.632. The van der Waals surface area contributed by atoms with Crippen molar-refractivity contribution < 1.29 is 4.39 Å². The summed E-state index contributed by atoms with van der Waals surface area (Å²) >= 11 is 5.84. The molecule has 2 aromatic rings. The maximum Gasteiger partial charge on any atom is 0.224 e. The van der Waals surface area contributed by atoms with Crippen molar-refractivity contribution in [1.29, 1.82) is 0 Å². The minimum atomic E-state index is -0.384. The van der Waals surface area contributed by atoms with Gasteiger partial charge in [-0.05, 0) is 32.0 Å². The Labute approximate surface area is 116 Å². The van der Waals surface area contributed by atoms with E-state index in [1.165, 1.54) is 18.2 Å². The number of hydrogen-bond acceptors (Lipinski definition) is 4. The molecular formula is C13H14ClFN4. The molecule has 0 saturated heterocycles. The highest BCUT2D eigenvalue weighted by molar-refractivity contribution is 6.30. The Morgan fingerprint density at radius 1 is 1.26 bits per heavy atom. The van der Waals surface area contributed by atoms with Gasteiger partial charge >= 0.3 is 0 Å². The molecule has 0 radical (unpaired) electrons. The number of anilines is 3. The zero-order chi connectivity index (χ0) is 13.8. The highest BCUT2D eigenvalue weighted by Gasteiger charge is 2.06. The molecule has 4 nitrogen and oxygen atoms in total. The molecule has 6 heteroatoms. The van der Waals surface area contributed by atoms with Crippen molar-refractivity contribution in [2.24, 2.45) is 0 Å². The highest BCUT2D eigenvalue weighted by Crippen LogP contribution is 2.23. The molecule has 0 unspecified atom stereocenters. The Morgan fingerprint density at radius 3 is 2.79 bits per heavy atom. The molecular weight excluding hydrogens is 267 g/mol. The van der Waals surface area contributed by atoms with Crippen LogP contribution >= 0.6 is 11.6 Å². The number of nitrogens with one attached hydrogen (secondary N) is 2. The van der Waals surface area contributed by atoms with Crippen molar-refractivity contribution in [3.63, 3.8) is 0 Å². The van der Waals surface area contributed by atoms with Gasteiger partial charge in [-0.2, -0.15) is 4.98 Å². The van der Waals surface area contributed by atoms with Crippen molar-refractivity contribution in [2.45, 2.75) is 13.8 Å². The molecule has 2 N–H and O–H groups in total. The van der Waals surface area contributed by atoms with Crippen LogP contribution in [0.15, 0.2) is 24.3 Å². The van der Waals surface area contributed by atoms with E-state index in [0.717, 1.165) is 5.69 Å². The van der Waals surface area contributed by atoms with Crippen LogP contribution < -0.4 is 10.6 Å². The van der Waals surface area contributed by atoms with Gasteiger partial charge in [-0.1, -0.05) is 11.6 Å². The van der Waals surface area contributed by atoms with Crippen molar-refractivity contribution in [3.8, 4) is 0 Å². The normalized spacial score (nSPS) is 10.3. The molecule has 0 aliphatic rings. The summed E-state index contributed by atoms with van der Waals surface area (Å²) < 4.78 is 13.6. The third kappa shape index (κ3) is 3.54. The lowest BCUT2D eigenvalue weighted by Crippen LogP contribution is -2.05. The van der Waals surface area contributed by atoms with E-state index in [4.69, 9.17) is 11.6 Å². The van der Waals surface area contributed by atoms with Gasteiger partial charge in [0.1, 0.15) is 11.6 Å². The molecule has 0 amide bonds. The minimum absolute atomic E-state index is 0.285. The predicted octanol–water partition coefficient (Wildman–Crippen LogP) is 3.75. The van der Waals surface area contributed by atoms with Crippen molar-refractivity contribution >= 4 is 29.1 Å². The molecule has 0 aliphatic carbocycles. The van der Waals surface area contributed by atoms with Crippen molar-refractivity contribution in [3.05, 3.63) is 40.8 Å². The Balaban J connectivity index is 2.29. The van der Waals surface area contributed by atoms with Gasteiger partial charge in [-0.3, -0.25) is 0 Å². The standard InChI is InChI=1S/C13H14ClFN4/c1-3-16-13-17-8(2)6-12(19-13)18-11-7-9(14)4-5-10(11)15/h4-7H,3H2,1-2H3,(H2,16,17,18,19). The van der Waals surface area contributed by atoms with Gasteiger partial charge in [0.15, 0.2) is 0 Å². The summed E-state index contributed by atoms with van der Waals surface area (Å²) in [6.07, 6.45) is 0. The lowest BCUT2D eigenvalue weighted by Gasteiger charge is -2.10. The number of nitrogens with zero attached hydrogens (tertiary/aromatic N) is 2. The molecule has 0 saturated carbocycles. The Hall–Kier alpha value is -1.88. The Bertz CT molecular complexity index is 589. The second kappa shape index (κ2) is 5.84. The summed E-state index contributed by atoms with van der Waals surface area (Å²) in [5.74, 6) is 0.641. The van der Waals surface area contributed by atoms with Gasteiger partial charge in [0.25, 0.3) is 0 Å². The van der Waals surface area contributed by atoms with Crippen LogP contribution in [0, 0.1) is 12.7 Å². The number of benzene rings is 1. The van der Waals surface area contributed by atoms with E-state index < -0.39 is 0 Å². The zero-order valence-electron chi connectivity index (χ0n) is 10.7. The third-order valence-electron chi connectivity index (χ3n) is 2.38. The first-order chi connectivity index (χ1) is 9.08. The van der Waals surface area contributed by atoms with E-state index in [0.29, 0.717) is 23.3 Å². The second-order valence-corrected chi connectivity index (χ2v) is 4.43. The molecule has 0 aliphatic heterocycles. The van der Waals surface area contributed by atoms with Crippen LogP contribution in [0.4, 0.5) is 21.8 Å². The van der Waals surface area contributed by atoms with Gasteiger partial charge in [0.05, 0.1) is 5.69 Å². The molecule has 1 heterocycles. The van der Waals surface area contributed by atoms with Crippen LogP contribution in [0.3, 0.4) is 0 Å². The van der Waals surface area contributed by atoms with Crippen LogP contribution in [-0.2, 0) is 0 Å². The van der Waals surface area contributed by atoms with E-state index >= 15 is 0 Å². The van der Waals surface area contributed by atoms with Gasteiger partial charge in [-0.25, -0.2) is 9.37 Å². The fraction of sp³-hybridized carbons (Fsp3) is 0.231. The van der Waals surface area contributed by atoms with E-state index in [-0.39, 0.29) is 11.5 Å². The van der Waals surface area contributed by atoms with Gasteiger partial charge in [0, 0.05) is 23.3 Å². The first kappa shape index (κ1) is 13.5. The van der Waals surface area contributed by atoms with Gasteiger partial charge < -0.3 is 10.6 Å². The Kier molecular flexibility index (Phi) is 4.16. The van der Waals surface area contributed by atoms with E-state index in [1.807, 2.05) is 13.8 Å². The molecule has 0 atom stereocenters. The van der Waals surface area contributed by atoms with Gasteiger partial charge in [0.2, 0.25) is 5.95 Å². The molecule has 100 valence electrons. The molecule has 0 spiro atoms. The Morgan fingerprint density at radius 2 is 2.05 bits per heavy atom. The minimum Gasteiger partial charge on any atom is -0.354 e. The predicted molar refractivity (Wildman–Crippen MR) is 75.6 cm³/mol. The highest BCUT2D eigenvalue weighted by atomic mass is 35.5. The van der Waals surface area contributed by atoms with Gasteiger partial charge in [-0.15, -0.1) is 0 Å². The SMILES string of the molecule is CCNc1nc(C)cc(Nc2cc(Cl)ccc2F)n1. The summed E-state index contributed by atoms with van der Waals surface area (Å²) in [6, 6.07) is 6.06. The largest absolute Gasteiger partial charge is 0.354 e. The smallest absolute Gasteiger partial charge is 0.224 e. The number of aromatic nitrogens is 2. The van der Waals surface area contributed by atoms with Crippen LogP contribution in [0.25, 0.3) is 0 Å². The van der Waals surface area contributed by atoms with E-state index in [2.05, 4.69) is 20.6 Å². The van der Waals surface area contributed by atoms with E-state index in [9.17, 15) is 4.39 Å². The van der Waals surface area contributed by atoms with Crippen molar-refractivity contribution in [1.82, 2.24) is 9.97 Å². The van der Waals surface area contributed by atoms with E-state index in [1.54, 1.807) is 6.07 Å².